The summed E-state index contributed by atoms with van der Waals surface area (Å²) in [4.78, 5) is 28.6. The Labute approximate surface area is 145 Å². The second kappa shape index (κ2) is 8.44. The molecule has 0 saturated carbocycles. The standard InChI is InChI=1S/C17H18N4O4/c1-21(2)17(23)25-14-7-6-12(9-15(14)24-3)10-19-20-16(22)13-5-4-8-18-11-13/h4-11H,1-3H3,(H,20,22)/b19-10+. The highest BCUT2D eigenvalue weighted by atomic mass is 16.6. The van der Waals surface area contributed by atoms with E-state index in [-0.39, 0.29) is 11.7 Å². The number of ether oxygens (including phenoxy) is 2. The fourth-order valence-electron chi connectivity index (χ4n) is 1.76. The number of pyridine rings is 1. The fourth-order valence-corrected chi connectivity index (χ4v) is 1.76. The maximum absolute atomic E-state index is 11.8. The molecule has 0 radical (unpaired) electrons. The van der Waals surface area contributed by atoms with Crippen LogP contribution >= 0.6 is 0 Å². The number of nitrogens with one attached hydrogen (secondary N) is 1. The molecule has 0 aliphatic heterocycles. The third-order valence-corrected chi connectivity index (χ3v) is 3.05. The molecule has 1 heterocycles. The molecular weight excluding hydrogens is 324 g/mol. The number of hydrogen-bond donors (Lipinski definition) is 1. The van der Waals surface area contributed by atoms with Gasteiger partial charge in [-0.1, -0.05) is 0 Å². The van der Waals surface area contributed by atoms with Gasteiger partial charge in [-0.2, -0.15) is 5.10 Å². The topological polar surface area (TPSA) is 93.1 Å². The van der Waals surface area contributed by atoms with Crippen molar-refractivity contribution >= 4 is 18.2 Å². The van der Waals surface area contributed by atoms with Gasteiger partial charge in [-0.05, 0) is 35.9 Å². The van der Waals surface area contributed by atoms with Crippen molar-refractivity contribution in [3.8, 4) is 11.5 Å². The van der Waals surface area contributed by atoms with Gasteiger partial charge < -0.3 is 14.4 Å². The highest BCUT2D eigenvalue weighted by molar-refractivity contribution is 5.94. The van der Waals surface area contributed by atoms with Crippen molar-refractivity contribution in [1.82, 2.24) is 15.3 Å². The van der Waals surface area contributed by atoms with Crippen LogP contribution in [0.15, 0.2) is 47.8 Å². The smallest absolute Gasteiger partial charge is 0.414 e. The lowest BCUT2D eigenvalue weighted by atomic mass is 10.2. The molecule has 2 amide bonds. The van der Waals surface area contributed by atoms with E-state index in [0.717, 1.165) is 0 Å². The van der Waals surface area contributed by atoms with Crippen molar-refractivity contribution in [2.45, 2.75) is 0 Å². The third-order valence-electron chi connectivity index (χ3n) is 3.05. The minimum absolute atomic E-state index is 0.290. The molecule has 2 aromatic rings. The molecule has 0 spiro atoms. The van der Waals surface area contributed by atoms with Crippen LogP contribution in [0.3, 0.4) is 0 Å². The third kappa shape index (κ3) is 5.03. The van der Waals surface area contributed by atoms with Crippen LogP contribution in [0.5, 0.6) is 11.5 Å². The van der Waals surface area contributed by atoms with Gasteiger partial charge in [-0.3, -0.25) is 9.78 Å². The van der Waals surface area contributed by atoms with Crippen LogP contribution in [0.25, 0.3) is 0 Å². The summed E-state index contributed by atoms with van der Waals surface area (Å²) in [7, 11) is 4.63. The first kappa shape index (κ1) is 17.9. The zero-order valence-corrected chi connectivity index (χ0v) is 14.1. The molecular formula is C17H18N4O4. The molecule has 0 saturated heterocycles. The Morgan fingerprint density at radius 2 is 2.04 bits per heavy atom. The second-order valence-corrected chi connectivity index (χ2v) is 5.11. The number of benzene rings is 1. The van der Waals surface area contributed by atoms with Gasteiger partial charge in [0, 0.05) is 26.5 Å². The highest BCUT2D eigenvalue weighted by Gasteiger charge is 2.12. The van der Waals surface area contributed by atoms with E-state index in [1.807, 2.05) is 0 Å². The predicted octanol–water partition coefficient (Wildman–Crippen LogP) is 1.91. The SMILES string of the molecule is COc1cc(/C=N/NC(=O)c2cccnc2)ccc1OC(=O)N(C)C. The molecule has 0 aliphatic carbocycles. The maximum Gasteiger partial charge on any atom is 0.414 e. The summed E-state index contributed by atoms with van der Waals surface area (Å²) in [5.41, 5.74) is 3.47. The van der Waals surface area contributed by atoms with E-state index in [1.165, 1.54) is 24.4 Å². The molecule has 8 nitrogen and oxygen atoms in total. The van der Waals surface area contributed by atoms with Crippen molar-refractivity contribution in [3.63, 3.8) is 0 Å². The van der Waals surface area contributed by atoms with Crippen molar-refractivity contribution in [2.75, 3.05) is 21.2 Å². The fraction of sp³-hybridized carbons (Fsp3) is 0.176. The normalized spacial score (nSPS) is 10.4. The van der Waals surface area contributed by atoms with Crippen molar-refractivity contribution in [1.29, 1.82) is 0 Å². The Balaban J connectivity index is 2.05. The monoisotopic (exact) mass is 342 g/mol. The molecule has 0 bridgehead atoms. The molecule has 0 unspecified atom stereocenters. The maximum atomic E-state index is 11.8. The molecule has 8 heteroatoms. The largest absolute Gasteiger partial charge is 0.493 e. The van der Waals surface area contributed by atoms with E-state index < -0.39 is 6.09 Å². The number of carbonyl (C=O) groups is 2. The predicted molar refractivity (Wildman–Crippen MR) is 92.0 cm³/mol. The van der Waals surface area contributed by atoms with Crippen LogP contribution < -0.4 is 14.9 Å². The average molecular weight is 342 g/mol. The minimum Gasteiger partial charge on any atom is -0.493 e. The quantitative estimate of drug-likeness (QED) is 0.662. The highest BCUT2D eigenvalue weighted by Crippen LogP contribution is 2.27. The Kier molecular flexibility index (Phi) is 6.05. The lowest BCUT2D eigenvalue weighted by Gasteiger charge is -2.13. The molecule has 2 rings (SSSR count). The van der Waals surface area contributed by atoms with Crippen LogP contribution in [0.2, 0.25) is 0 Å². The van der Waals surface area contributed by atoms with Gasteiger partial charge in [0.15, 0.2) is 11.5 Å². The zero-order valence-electron chi connectivity index (χ0n) is 14.1. The van der Waals surface area contributed by atoms with Crippen LogP contribution in [-0.2, 0) is 0 Å². The van der Waals surface area contributed by atoms with E-state index in [0.29, 0.717) is 16.9 Å². The molecule has 0 fully saturated rings. The molecule has 1 N–H and O–H groups in total. The number of nitrogens with zero attached hydrogens (tertiary/aromatic N) is 3. The molecule has 1 aromatic heterocycles. The summed E-state index contributed by atoms with van der Waals surface area (Å²) in [5, 5.41) is 3.89. The van der Waals surface area contributed by atoms with E-state index in [9.17, 15) is 9.59 Å². The van der Waals surface area contributed by atoms with Gasteiger partial charge in [0.2, 0.25) is 0 Å². The molecule has 25 heavy (non-hydrogen) atoms. The van der Waals surface area contributed by atoms with E-state index >= 15 is 0 Å². The summed E-state index contributed by atoms with van der Waals surface area (Å²) in [6.07, 6.45) is 3.97. The van der Waals surface area contributed by atoms with Crippen LogP contribution in [0.4, 0.5) is 4.79 Å². The molecule has 1 aromatic carbocycles. The van der Waals surface area contributed by atoms with Crippen molar-refractivity contribution in [3.05, 3.63) is 53.9 Å². The number of carbonyl (C=O) groups excluding carboxylic acids is 2. The van der Waals surface area contributed by atoms with Crippen molar-refractivity contribution < 1.29 is 19.1 Å². The van der Waals surface area contributed by atoms with Crippen LogP contribution in [0.1, 0.15) is 15.9 Å². The Morgan fingerprint density at radius 3 is 2.68 bits per heavy atom. The van der Waals surface area contributed by atoms with Gasteiger partial charge in [0.25, 0.3) is 5.91 Å². The number of methoxy groups -OCH3 is 1. The molecule has 0 aliphatic rings. The zero-order chi connectivity index (χ0) is 18.2. The Hall–Kier alpha value is -3.42. The second-order valence-electron chi connectivity index (χ2n) is 5.11. The number of aromatic nitrogens is 1. The van der Waals surface area contributed by atoms with Gasteiger partial charge in [-0.25, -0.2) is 10.2 Å². The lowest BCUT2D eigenvalue weighted by Crippen LogP contribution is -2.25. The number of rotatable bonds is 5. The van der Waals surface area contributed by atoms with Gasteiger partial charge in [-0.15, -0.1) is 0 Å². The minimum atomic E-state index is -0.511. The average Bonchev–Trinajstić information content (AvgIpc) is 2.63. The number of hydrazone groups is 1. The first-order valence-corrected chi connectivity index (χ1v) is 7.32. The Bertz CT molecular complexity index is 775. The van der Waals surface area contributed by atoms with Gasteiger partial charge in [0.1, 0.15) is 0 Å². The summed E-state index contributed by atoms with van der Waals surface area (Å²) in [6, 6.07) is 8.20. The van der Waals surface area contributed by atoms with E-state index in [4.69, 9.17) is 9.47 Å². The summed E-state index contributed by atoms with van der Waals surface area (Å²) in [5.74, 6) is 0.295. The summed E-state index contributed by atoms with van der Waals surface area (Å²) < 4.78 is 10.4. The number of amides is 2. The van der Waals surface area contributed by atoms with Crippen molar-refractivity contribution in [2.24, 2.45) is 5.10 Å². The number of hydrogen-bond acceptors (Lipinski definition) is 6. The lowest BCUT2D eigenvalue weighted by molar-refractivity contribution is 0.0954. The van der Waals surface area contributed by atoms with Gasteiger partial charge in [0.05, 0.1) is 18.9 Å². The first-order chi connectivity index (χ1) is 12.0. The summed E-state index contributed by atoms with van der Waals surface area (Å²) in [6.45, 7) is 0. The van der Waals surface area contributed by atoms with E-state index in [2.05, 4.69) is 15.5 Å². The van der Waals surface area contributed by atoms with Crippen LogP contribution in [0, 0.1) is 0 Å². The van der Waals surface area contributed by atoms with Gasteiger partial charge >= 0.3 is 6.09 Å². The Morgan fingerprint density at radius 1 is 1.24 bits per heavy atom. The van der Waals surface area contributed by atoms with Crippen LogP contribution in [-0.4, -0.2) is 49.3 Å². The molecule has 0 atom stereocenters. The first-order valence-electron chi connectivity index (χ1n) is 7.32. The van der Waals surface area contributed by atoms with E-state index in [1.54, 1.807) is 50.6 Å². The molecule has 130 valence electrons. The summed E-state index contributed by atoms with van der Waals surface area (Å²) >= 11 is 0.